The van der Waals surface area contributed by atoms with E-state index in [0.717, 1.165) is 0 Å². The van der Waals surface area contributed by atoms with Gasteiger partial charge in [0.1, 0.15) is 0 Å². The van der Waals surface area contributed by atoms with Crippen molar-refractivity contribution in [3.05, 3.63) is 28.8 Å². The lowest BCUT2D eigenvalue weighted by Crippen LogP contribution is -2.40. The molecule has 3 rings (SSSR count). The fourth-order valence-electron chi connectivity index (χ4n) is 2.91. The molecule has 24 heavy (non-hydrogen) atoms. The maximum atomic E-state index is 12.4. The van der Waals surface area contributed by atoms with Gasteiger partial charge in [-0.2, -0.15) is 0 Å². The van der Waals surface area contributed by atoms with Crippen LogP contribution < -0.4 is 21.3 Å². The number of amides is 5. The molecular weight excluding hydrogens is 334 g/mol. The molecule has 2 heterocycles. The zero-order valence-electron chi connectivity index (χ0n) is 12.9. The highest BCUT2D eigenvalue weighted by molar-refractivity contribution is 6.34. The molecule has 2 aliphatic rings. The minimum Gasteiger partial charge on any atom is -0.351 e. The minimum absolute atomic E-state index is 0.140. The summed E-state index contributed by atoms with van der Waals surface area (Å²) in [6.07, 6.45) is 0.656. The third kappa shape index (κ3) is 3.23. The molecule has 1 unspecified atom stereocenters. The Balaban J connectivity index is 1.71. The molecule has 5 amide bonds. The number of hydrogen-bond donors (Lipinski definition) is 3. The first-order valence-electron chi connectivity index (χ1n) is 7.66. The van der Waals surface area contributed by atoms with Gasteiger partial charge in [-0.3, -0.25) is 9.69 Å². The van der Waals surface area contributed by atoms with Gasteiger partial charge in [-0.15, -0.1) is 0 Å². The summed E-state index contributed by atoms with van der Waals surface area (Å²) in [7, 11) is 0. The highest BCUT2D eigenvalue weighted by Crippen LogP contribution is 2.28. The number of nitrogens with two attached hydrogens (primary N) is 1. The molecule has 2 fully saturated rings. The van der Waals surface area contributed by atoms with Crippen molar-refractivity contribution in [2.45, 2.75) is 12.5 Å². The van der Waals surface area contributed by atoms with Crippen LogP contribution in [0.15, 0.2) is 18.2 Å². The third-order valence-corrected chi connectivity index (χ3v) is 4.51. The van der Waals surface area contributed by atoms with E-state index in [0.29, 0.717) is 48.9 Å². The molecule has 1 aromatic carbocycles. The van der Waals surface area contributed by atoms with Crippen LogP contribution in [0.5, 0.6) is 0 Å². The van der Waals surface area contributed by atoms with Crippen molar-refractivity contribution in [1.82, 2.24) is 15.5 Å². The Morgan fingerprint density at radius 1 is 1.33 bits per heavy atom. The average molecular weight is 352 g/mol. The van der Waals surface area contributed by atoms with Crippen molar-refractivity contribution in [2.24, 2.45) is 5.73 Å². The summed E-state index contributed by atoms with van der Waals surface area (Å²) in [6.45, 7) is 1.96. The monoisotopic (exact) mass is 351 g/mol. The molecule has 9 heteroatoms. The fraction of sp³-hybridized carbons (Fsp3) is 0.400. The fourth-order valence-corrected chi connectivity index (χ4v) is 3.13. The molecule has 4 N–H and O–H groups in total. The Morgan fingerprint density at radius 2 is 2.12 bits per heavy atom. The molecular formula is C15H18ClN5O3. The van der Waals surface area contributed by atoms with E-state index in [1.54, 1.807) is 18.2 Å². The van der Waals surface area contributed by atoms with Crippen LogP contribution in [0.3, 0.4) is 0 Å². The van der Waals surface area contributed by atoms with Crippen molar-refractivity contribution in [3.8, 4) is 0 Å². The smallest absolute Gasteiger partial charge is 0.322 e. The summed E-state index contributed by atoms with van der Waals surface area (Å²) in [5.41, 5.74) is 6.15. The van der Waals surface area contributed by atoms with Crippen LogP contribution in [-0.4, -0.2) is 55.1 Å². The number of rotatable bonds is 3. The number of urea groups is 2. The molecule has 1 aromatic rings. The molecule has 2 saturated heterocycles. The van der Waals surface area contributed by atoms with E-state index in [1.165, 1.54) is 9.80 Å². The summed E-state index contributed by atoms with van der Waals surface area (Å²) in [5, 5.41) is 5.98. The second-order valence-corrected chi connectivity index (χ2v) is 6.20. The summed E-state index contributed by atoms with van der Waals surface area (Å²) in [4.78, 5) is 38.4. The lowest BCUT2D eigenvalue weighted by atomic mass is 10.1. The topological polar surface area (TPSA) is 108 Å². The van der Waals surface area contributed by atoms with E-state index in [-0.39, 0.29) is 18.0 Å². The SMILES string of the molecule is NC(=O)N1CCC(NC(=O)c2ccc(Cl)c(N3CCNC3=O)c2)C1. The number of nitrogens with one attached hydrogen (secondary N) is 2. The first kappa shape index (κ1) is 16.4. The van der Waals surface area contributed by atoms with Crippen LogP contribution in [0, 0.1) is 0 Å². The van der Waals surface area contributed by atoms with E-state index in [1.807, 2.05) is 0 Å². The molecule has 0 bridgehead atoms. The Bertz CT molecular complexity index is 696. The van der Waals surface area contributed by atoms with Crippen LogP contribution >= 0.6 is 11.6 Å². The number of halogens is 1. The maximum Gasteiger partial charge on any atom is 0.322 e. The second kappa shape index (κ2) is 6.56. The number of benzene rings is 1. The summed E-state index contributed by atoms with van der Waals surface area (Å²) in [6, 6.07) is 3.95. The second-order valence-electron chi connectivity index (χ2n) is 5.79. The molecule has 8 nitrogen and oxygen atoms in total. The van der Waals surface area contributed by atoms with Gasteiger partial charge in [0.2, 0.25) is 0 Å². The predicted molar refractivity (Wildman–Crippen MR) is 89.2 cm³/mol. The maximum absolute atomic E-state index is 12.4. The van der Waals surface area contributed by atoms with Crippen LogP contribution in [-0.2, 0) is 0 Å². The normalized spacial score (nSPS) is 20.2. The van der Waals surface area contributed by atoms with Gasteiger partial charge in [0.25, 0.3) is 5.91 Å². The molecule has 0 aromatic heterocycles. The lowest BCUT2D eigenvalue weighted by molar-refractivity contribution is 0.0938. The van der Waals surface area contributed by atoms with Gasteiger partial charge >= 0.3 is 12.1 Å². The van der Waals surface area contributed by atoms with E-state index in [9.17, 15) is 14.4 Å². The molecule has 0 saturated carbocycles. The van der Waals surface area contributed by atoms with Crippen molar-refractivity contribution in [1.29, 1.82) is 0 Å². The first-order valence-corrected chi connectivity index (χ1v) is 8.03. The Morgan fingerprint density at radius 3 is 2.75 bits per heavy atom. The number of hydrogen-bond acceptors (Lipinski definition) is 3. The third-order valence-electron chi connectivity index (χ3n) is 4.19. The van der Waals surface area contributed by atoms with Crippen LogP contribution in [0.2, 0.25) is 5.02 Å². The van der Waals surface area contributed by atoms with Gasteiger partial charge in [0.15, 0.2) is 0 Å². The van der Waals surface area contributed by atoms with Crippen molar-refractivity contribution in [3.63, 3.8) is 0 Å². The summed E-state index contributed by atoms with van der Waals surface area (Å²) >= 11 is 6.16. The van der Waals surface area contributed by atoms with Crippen molar-refractivity contribution < 1.29 is 14.4 Å². The van der Waals surface area contributed by atoms with Crippen LogP contribution in [0.4, 0.5) is 15.3 Å². The van der Waals surface area contributed by atoms with Gasteiger partial charge in [-0.1, -0.05) is 11.6 Å². The highest BCUT2D eigenvalue weighted by atomic mass is 35.5. The molecule has 0 spiro atoms. The van der Waals surface area contributed by atoms with Gasteiger partial charge in [-0.05, 0) is 24.6 Å². The van der Waals surface area contributed by atoms with Gasteiger partial charge in [0, 0.05) is 37.8 Å². The molecule has 128 valence electrons. The summed E-state index contributed by atoms with van der Waals surface area (Å²) < 4.78 is 0. The number of anilines is 1. The van der Waals surface area contributed by atoms with Gasteiger partial charge < -0.3 is 21.3 Å². The number of nitrogens with zero attached hydrogens (tertiary/aromatic N) is 2. The van der Waals surface area contributed by atoms with Crippen LogP contribution in [0.25, 0.3) is 0 Å². The molecule has 1 atom stereocenters. The quantitative estimate of drug-likeness (QED) is 0.747. The van der Waals surface area contributed by atoms with E-state index >= 15 is 0 Å². The standard InChI is InChI=1S/C15H18ClN5O3/c16-11-2-1-9(7-12(11)21-6-4-18-15(21)24)13(22)19-10-3-5-20(8-10)14(17)23/h1-2,7,10H,3-6,8H2,(H2,17,23)(H,18,24)(H,19,22). The number of carbonyl (C=O) groups is 3. The largest absolute Gasteiger partial charge is 0.351 e. The lowest BCUT2D eigenvalue weighted by Gasteiger charge is -2.18. The Labute approximate surface area is 143 Å². The van der Waals surface area contributed by atoms with Crippen molar-refractivity contribution >= 4 is 35.3 Å². The molecule has 2 aliphatic heterocycles. The number of primary amides is 1. The molecule has 0 aliphatic carbocycles. The number of likely N-dealkylation sites (tertiary alicyclic amines) is 1. The van der Waals surface area contributed by atoms with E-state index in [2.05, 4.69) is 10.6 Å². The minimum atomic E-state index is -0.486. The zero-order chi connectivity index (χ0) is 17.3. The van der Waals surface area contributed by atoms with E-state index < -0.39 is 6.03 Å². The average Bonchev–Trinajstić information content (AvgIpc) is 3.17. The predicted octanol–water partition coefficient (Wildman–Crippen LogP) is 0.752. The Kier molecular flexibility index (Phi) is 4.48. The van der Waals surface area contributed by atoms with Gasteiger partial charge in [-0.25, -0.2) is 9.59 Å². The van der Waals surface area contributed by atoms with E-state index in [4.69, 9.17) is 17.3 Å². The number of carbonyl (C=O) groups excluding carboxylic acids is 3. The summed E-state index contributed by atoms with van der Waals surface area (Å²) in [5.74, 6) is -0.274. The highest BCUT2D eigenvalue weighted by Gasteiger charge is 2.27. The first-order chi connectivity index (χ1) is 11.5. The van der Waals surface area contributed by atoms with Gasteiger partial charge in [0.05, 0.1) is 10.7 Å². The van der Waals surface area contributed by atoms with Crippen molar-refractivity contribution in [2.75, 3.05) is 31.1 Å². The zero-order valence-corrected chi connectivity index (χ0v) is 13.7. The van der Waals surface area contributed by atoms with Crippen LogP contribution in [0.1, 0.15) is 16.8 Å². The molecule has 0 radical (unpaired) electrons. The Hall–Kier alpha value is -2.48.